The number of guanidine groups is 1. The van der Waals surface area contributed by atoms with E-state index in [0.717, 1.165) is 29.4 Å². The molecule has 1 aromatic rings. The first-order valence-electron chi connectivity index (χ1n) is 4.76. The van der Waals surface area contributed by atoms with Crippen molar-refractivity contribution < 1.29 is 0 Å². The molecule has 0 aliphatic heterocycles. The summed E-state index contributed by atoms with van der Waals surface area (Å²) < 4.78 is 0. The van der Waals surface area contributed by atoms with Gasteiger partial charge >= 0.3 is 0 Å². The molecule has 8 heteroatoms. The molecular formula is C9H19Cl2N5S. The largest absolute Gasteiger partial charge is 0.370 e. The van der Waals surface area contributed by atoms with Crippen LogP contribution >= 0.6 is 36.6 Å². The van der Waals surface area contributed by atoms with Crippen molar-refractivity contribution in [2.45, 2.75) is 12.7 Å². The van der Waals surface area contributed by atoms with Crippen molar-refractivity contribution in [1.29, 1.82) is 0 Å². The molecule has 0 amide bonds. The van der Waals surface area contributed by atoms with E-state index in [4.69, 9.17) is 5.73 Å². The molecule has 0 spiro atoms. The number of rotatable bonds is 5. The first kappa shape index (κ1) is 18.8. The minimum absolute atomic E-state index is 0. The zero-order valence-electron chi connectivity index (χ0n) is 9.90. The quantitative estimate of drug-likeness (QED) is 0.435. The third-order valence-electron chi connectivity index (χ3n) is 1.97. The predicted octanol–water partition coefficient (Wildman–Crippen LogP) is 1.33. The lowest BCUT2D eigenvalue weighted by molar-refractivity contribution is 0.958. The lowest BCUT2D eigenvalue weighted by atomic mass is 10.4. The molecule has 0 aliphatic carbocycles. The Morgan fingerprint density at radius 3 is 2.82 bits per heavy atom. The molecule has 100 valence electrons. The van der Waals surface area contributed by atoms with Gasteiger partial charge < -0.3 is 16.0 Å². The Morgan fingerprint density at radius 2 is 2.29 bits per heavy atom. The molecule has 0 saturated heterocycles. The van der Waals surface area contributed by atoms with Gasteiger partial charge in [0.15, 0.2) is 5.96 Å². The summed E-state index contributed by atoms with van der Waals surface area (Å²) in [6.07, 6.45) is 1.73. The molecule has 0 saturated carbocycles. The number of imidazole rings is 1. The van der Waals surface area contributed by atoms with Crippen LogP contribution in [-0.2, 0) is 5.75 Å². The average molecular weight is 300 g/mol. The Balaban J connectivity index is 0. The Hall–Kier alpha value is -0.590. The van der Waals surface area contributed by atoms with Crippen LogP contribution in [0.15, 0.2) is 11.3 Å². The third kappa shape index (κ3) is 7.36. The molecule has 1 rings (SSSR count). The van der Waals surface area contributed by atoms with Gasteiger partial charge in [-0.1, -0.05) is 0 Å². The van der Waals surface area contributed by atoms with Gasteiger partial charge in [-0.3, -0.25) is 4.99 Å². The summed E-state index contributed by atoms with van der Waals surface area (Å²) in [6.45, 7) is 2.86. The smallest absolute Gasteiger partial charge is 0.188 e. The number of thioether (sulfide) groups is 1. The van der Waals surface area contributed by atoms with Crippen LogP contribution in [0.3, 0.4) is 0 Å². The number of aromatic nitrogens is 2. The minimum atomic E-state index is 0. The highest BCUT2D eigenvalue weighted by atomic mass is 35.5. The summed E-state index contributed by atoms with van der Waals surface area (Å²) in [5.74, 6) is 2.41. The monoisotopic (exact) mass is 299 g/mol. The van der Waals surface area contributed by atoms with Gasteiger partial charge in [0.1, 0.15) is 0 Å². The number of aryl methyl sites for hydroxylation is 1. The molecule has 4 N–H and O–H groups in total. The second-order valence-electron chi connectivity index (χ2n) is 3.06. The second kappa shape index (κ2) is 10.6. The van der Waals surface area contributed by atoms with Crippen molar-refractivity contribution in [3.05, 3.63) is 17.7 Å². The number of hydrogen-bond acceptors (Lipinski definition) is 3. The molecular weight excluding hydrogens is 281 g/mol. The molecule has 0 unspecified atom stereocenters. The summed E-state index contributed by atoms with van der Waals surface area (Å²) in [6, 6.07) is 0. The number of aliphatic imine (C=N–C) groups is 1. The van der Waals surface area contributed by atoms with Crippen LogP contribution in [0.1, 0.15) is 11.4 Å². The number of nitrogens with zero attached hydrogens (tertiary/aromatic N) is 2. The molecule has 0 aromatic carbocycles. The SMILES string of the molecule is CN=C(N)NCCSCc1nc[nH]c1C.Cl.Cl. The maximum absolute atomic E-state index is 5.49. The van der Waals surface area contributed by atoms with E-state index in [0.29, 0.717) is 5.96 Å². The molecule has 0 radical (unpaired) electrons. The summed E-state index contributed by atoms with van der Waals surface area (Å²) in [5.41, 5.74) is 7.75. The van der Waals surface area contributed by atoms with E-state index in [2.05, 4.69) is 20.3 Å². The van der Waals surface area contributed by atoms with Crippen molar-refractivity contribution in [2.24, 2.45) is 10.7 Å². The van der Waals surface area contributed by atoms with Gasteiger partial charge in [-0.15, -0.1) is 24.8 Å². The van der Waals surface area contributed by atoms with Gasteiger partial charge in [-0.25, -0.2) is 4.98 Å². The Morgan fingerprint density at radius 1 is 1.59 bits per heavy atom. The minimum Gasteiger partial charge on any atom is -0.370 e. The van der Waals surface area contributed by atoms with E-state index in [-0.39, 0.29) is 24.8 Å². The van der Waals surface area contributed by atoms with E-state index < -0.39 is 0 Å². The Bertz CT molecular complexity index is 329. The van der Waals surface area contributed by atoms with Crippen LogP contribution in [-0.4, -0.2) is 35.3 Å². The standard InChI is InChI=1S/C9H17N5S.2ClH/c1-7-8(14-6-13-7)5-15-4-3-12-9(10)11-2;;/h6H,3-5H2,1-2H3,(H,13,14)(H3,10,11,12);2*1H. The molecule has 1 aromatic heterocycles. The van der Waals surface area contributed by atoms with Crippen LogP contribution in [0.4, 0.5) is 0 Å². The number of H-pyrrole nitrogens is 1. The van der Waals surface area contributed by atoms with Crippen molar-refractivity contribution in [3.63, 3.8) is 0 Å². The lowest BCUT2D eigenvalue weighted by Crippen LogP contribution is -2.32. The molecule has 1 heterocycles. The highest BCUT2D eigenvalue weighted by Gasteiger charge is 2.00. The number of aromatic amines is 1. The van der Waals surface area contributed by atoms with Gasteiger partial charge in [-0.2, -0.15) is 11.8 Å². The number of hydrogen-bond donors (Lipinski definition) is 3. The molecule has 0 bridgehead atoms. The van der Waals surface area contributed by atoms with Crippen molar-refractivity contribution in [3.8, 4) is 0 Å². The number of nitrogens with two attached hydrogens (primary N) is 1. The van der Waals surface area contributed by atoms with Gasteiger partial charge in [0.05, 0.1) is 12.0 Å². The van der Waals surface area contributed by atoms with Crippen molar-refractivity contribution in [1.82, 2.24) is 15.3 Å². The Kier molecular flexibility index (Phi) is 11.7. The normalized spacial score (nSPS) is 10.4. The van der Waals surface area contributed by atoms with Crippen LogP contribution in [0.25, 0.3) is 0 Å². The topological polar surface area (TPSA) is 79.1 Å². The van der Waals surface area contributed by atoms with Crippen LogP contribution in [0, 0.1) is 6.92 Å². The highest BCUT2D eigenvalue weighted by Crippen LogP contribution is 2.11. The van der Waals surface area contributed by atoms with Crippen molar-refractivity contribution in [2.75, 3.05) is 19.3 Å². The zero-order chi connectivity index (χ0) is 11.1. The predicted molar refractivity (Wildman–Crippen MR) is 79.5 cm³/mol. The van der Waals surface area contributed by atoms with E-state index in [1.165, 1.54) is 0 Å². The highest BCUT2D eigenvalue weighted by molar-refractivity contribution is 7.98. The molecule has 0 aliphatic rings. The van der Waals surface area contributed by atoms with E-state index in [1.54, 1.807) is 13.4 Å². The van der Waals surface area contributed by atoms with E-state index >= 15 is 0 Å². The third-order valence-corrected chi connectivity index (χ3v) is 2.94. The molecule has 17 heavy (non-hydrogen) atoms. The van der Waals surface area contributed by atoms with Crippen LogP contribution < -0.4 is 11.1 Å². The van der Waals surface area contributed by atoms with Crippen LogP contribution in [0.5, 0.6) is 0 Å². The zero-order valence-corrected chi connectivity index (χ0v) is 12.3. The van der Waals surface area contributed by atoms with Crippen molar-refractivity contribution >= 4 is 42.5 Å². The first-order valence-corrected chi connectivity index (χ1v) is 5.92. The van der Waals surface area contributed by atoms with E-state index in [1.807, 2.05) is 18.7 Å². The summed E-state index contributed by atoms with van der Waals surface area (Å²) in [5, 5.41) is 3.01. The molecule has 0 atom stereocenters. The average Bonchev–Trinajstić information content (AvgIpc) is 2.63. The Labute approximate surface area is 118 Å². The fourth-order valence-electron chi connectivity index (χ4n) is 1.03. The van der Waals surface area contributed by atoms with Gasteiger partial charge in [0.2, 0.25) is 0 Å². The van der Waals surface area contributed by atoms with Gasteiger partial charge in [-0.05, 0) is 6.92 Å². The number of halogens is 2. The first-order chi connectivity index (χ1) is 7.24. The van der Waals surface area contributed by atoms with Gasteiger partial charge in [0, 0.05) is 30.8 Å². The van der Waals surface area contributed by atoms with E-state index in [9.17, 15) is 0 Å². The second-order valence-corrected chi connectivity index (χ2v) is 4.17. The number of nitrogens with one attached hydrogen (secondary N) is 2. The fourth-order valence-corrected chi connectivity index (χ4v) is 1.91. The lowest BCUT2D eigenvalue weighted by Gasteiger charge is -2.03. The van der Waals surface area contributed by atoms with Crippen LogP contribution in [0.2, 0.25) is 0 Å². The summed E-state index contributed by atoms with van der Waals surface area (Å²) in [4.78, 5) is 11.1. The summed E-state index contributed by atoms with van der Waals surface area (Å²) >= 11 is 1.82. The van der Waals surface area contributed by atoms with Gasteiger partial charge in [0.25, 0.3) is 0 Å². The maximum Gasteiger partial charge on any atom is 0.188 e. The fraction of sp³-hybridized carbons (Fsp3) is 0.556. The summed E-state index contributed by atoms with van der Waals surface area (Å²) in [7, 11) is 1.67. The molecule has 0 fully saturated rings. The maximum atomic E-state index is 5.49. The molecule has 5 nitrogen and oxygen atoms in total.